The van der Waals surface area contributed by atoms with E-state index in [0.29, 0.717) is 5.69 Å². The summed E-state index contributed by atoms with van der Waals surface area (Å²) in [5.74, 6) is -1.36. The van der Waals surface area contributed by atoms with E-state index >= 15 is 0 Å². The number of nitrogens with zero attached hydrogens (tertiary/aromatic N) is 1. The van der Waals surface area contributed by atoms with E-state index < -0.39 is 17.9 Å². The number of hydrogen-bond donors (Lipinski definition) is 3. The van der Waals surface area contributed by atoms with Gasteiger partial charge in [-0.2, -0.15) is 5.10 Å². The van der Waals surface area contributed by atoms with E-state index in [1.165, 1.54) is 0 Å². The second kappa shape index (κ2) is 5.49. The molecule has 1 amide bonds. The average molecular weight is 262 g/mol. The molecule has 7 nitrogen and oxygen atoms in total. The number of ether oxygens (including phenoxy) is 1. The lowest BCUT2D eigenvalue weighted by Crippen LogP contribution is -2.43. The number of anilines is 1. The summed E-state index contributed by atoms with van der Waals surface area (Å²) >= 11 is 0. The van der Waals surface area contributed by atoms with Gasteiger partial charge in [0.1, 0.15) is 0 Å². The van der Waals surface area contributed by atoms with E-state index in [2.05, 4.69) is 20.3 Å². The number of H-pyrrole nitrogens is 1. The molecule has 100 valence electrons. The Labute approximate surface area is 109 Å². The molecule has 1 atom stereocenters. The van der Waals surface area contributed by atoms with Gasteiger partial charge in [-0.1, -0.05) is 0 Å². The van der Waals surface area contributed by atoms with E-state index in [0.717, 1.165) is 10.9 Å². The molecule has 0 saturated carbocycles. The standard InChI is InChI=1S/C12H14N4O3/c1-2-19-12(18)10(13)11(17)15-8-4-3-7-6-14-16-9(7)5-8/h3-6,10H,2,13H2,1H3,(H,14,16)(H,15,17). The van der Waals surface area contributed by atoms with Crippen molar-refractivity contribution in [2.45, 2.75) is 13.0 Å². The van der Waals surface area contributed by atoms with Gasteiger partial charge < -0.3 is 15.8 Å². The van der Waals surface area contributed by atoms with Crippen LogP contribution in [-0.4, -0.2) is 34.7 Å². The summed E-state index contributed by atoms with van der Waals surface area (Å²) in [6.45, 7) is 1.83. The number of fused-ring (bicyclic) bond motifs is 1. The van der Waals surface area contributed by atoms with Crippen LogP contribution in [0, 0.1) is 0 Å². The van der Waals surface area contributed by atoms with Gasteiger partial charge in [0.15, 0.2) is 6.04 Å². The van der Waals surface area contributed by atoms with Crippen LogP contribution in [-0.2, 0) is 14.3 Å². The number of carbonyl (C=O) groups is 2. The molecule has 1 aromatic heterocycles. The number of nitrogens with one attached hydrogen (secondary N) is 2. The Balaban J connectivity index is 2.07. The molecule has 1 heterocycles. The van der Waals surface area contributed by atoms with Gasteiger partial charge in [0, 0.05) is 11.1 Å². The smallest absolute Gasteiger partial charge is 0.332 e. The molecule has 0 aliphatic carbocycles. The zero-order chi connectivity index (χ0) is 13.8. The number of aromatic nitrogens is 2. The minimum absolute atomic E-state index is 0.180. The molecule has 0 aliphatic heterocycles. The monoisotopic (exact) mass is 262 g/mol. The molecule has 4 N–H and O–H groups in total. The van der Waals surface area contributed by atoms with Crippen molar-refractivity contribution in [3.63, 3.8) is 0 Å². The third-order valence-corrected chi connectivity index (χ3v) is 2.53. The highest BCUT2D eigenvalue weighted by molar-refractivity contribution is 6.08. The first-order chi connectivity index (χ1) is 9.11. The fourth-order valence-electron chi connectivity index (χ4n) is 1.57. The Morgan fingerprint density at radius 1 is 1.53 bits per heavy atom. The molecule has 0 fully saturated rings. The van der Waals surface area contributed by atoms with Crippen molar-refractivity contribution in [3.05, 3.63) is 24.4 Å². The van der Waals surface area contributed by atoms with Crippen LogP contribution in [0.15, 0.2) is 24.4 Å². The minimum Gasteiger partial charge on any atom is -0.464 e. The van der Waals surface area contributed by atoms with E-state index in [1.807, 2.05) is 0 Å². The van der Waals surface area contributed by atoms with Crippen molar-refractivity contribution in [2.24, 2.45) is 5.73 Å². The summed E-state index contributed by atoms with van der Waals surface area (Å²) in [7, 11) is 0. The van der Waals surface area contributed by atoms with Gasteiger partial charge in [-0.15, -0.1) is 0 Å². The topological polar surface area (TPSA) is 110 Å². The highest BCUT2D eigenvalue weighted by atomic mass is 16.5. The molecule has 0 radical (unpaired) electrons. The Kier molecular flexibility index (Phi) is 3.76. The first kappa shape index (κ1) is 13.0. The number of nitrogens with two attached hydrogens (primary N) is 1. The summed E-state index contributed by atoms with van der Waals surface area (Å²) in [5, 5.41) is 10.1. The number of amides is 1. The van der Waals surface area contributed by atoms with E-state index in [1.54, 1.807) is 31.3 Å². The van der Waals surface area contributed by atoms with Crippen LogP contribution in [0.25, 0.3) is 10.9 Å². The molecule has 1 unspecified atom stereocenters. The van der Waals surface area contributed by atoms with Gasteiger partial charge in [-0.25, -0.2) is 4.79 Å². The predicted octanol–water partition coefficient (Wildman–Crippen LogP) is 0.392. The van der Waals surface area contributed by atoms with Gasteiger partial charge in [0.25, 0.3) is 5.91 Å². The van der Waals surface area contributed by atoms with Gasteiger partial charge in [0.05, 0.1) is 18.3 Å². The van der Waals surface area contributed by atoms with Crippen molar-refractivity contribution in [3.8, 4) is 0 Å². The zero-order valence-corrected chi connectivity index (χ0v) is 10.3. The van der Waals surface area contributed by atoms with Crippen molar-refractivity contribution in [1.29, 1.82) is 0 Å². The van der Waals surface area contributed by atoms with Crippen molar-refractivity contribution >= 4 is 28.5 Å². The lowest BCUT2D eigenvalue weighted by Gasteiger charge is -2.11. The van der Waals surface area contributed by atoms with Gasteiger partial charge >= 0.3 is 5.97 Å². The summed E-state index contributed by atoms with van der Waals surface area (Å²) in [5.41, 5.74) is 6.79. The van der Waals surface area contributed by atoms with Gasteiger partial charge in [-0.3, -0.25) is 9.89 Å². The lowest BCUT2D eigenvalue weighted by molar-refractivity contribution is -0.146. The van der Waals surface area contributed by atoms with E-state index in [4.69, 9.17) is 5.73 Å². The molecule has 7 heteroatoms. The molecule has 0 spiro atoms. The number of benzene rings is 1. The van der Waals surface area contributed by atoms with Crippen LogP contribution in [0.5, 0.6) is 0 Å². The number of esters is 1. The second-order valence-corrected chi connectivity index (χ2v) is 3.89. The maximum Gasteiger partial charge on any atom is 0.332 e. The third kappa shape index (κ3) is 2.89. The summed E-state index contributed by atoms with van der Waals surface area (Å²) in [6.07, 6.45) is 1.67. The van der Waals surface area contributed by atoms with Crippen molar-refractivity contribution in [2.75, 3.05) is 11.9 Å². The Morgan fingerprint density at radius 3 is 3.05 bits per heavy atom. The first-order valence-electron chi connectivity index (χ1n) is 5.78. The minimum atomic E-state index is -1.34. The number of hydrogen-bond acceptors (Lipinski definition) is 5. The quantitative estimate of drug-likeness (QED) is 0.545. The number of carbonyl (C=O) groups excluding carboxylic acids is 2. The van der Waals surface area contributed by atoms with Crippen LogP contribution in [0.1, 0.15) is 6.92 Å². The molecule has 0 aliphatic rings. The summed E-state index contributed by atoms with van der Waals surface area (Å²) in [6, 6.07) is 3.87. The normalized spacial score (nSPS) is 12.1. The number of rotatable bonds is 4. The van der Waals surface area contributed by atoms with Gasteiger partial charge in [-0.05, 0) is 25.1 Å². The highest BCUT2D eigenvalue weighted by Crippen LogP contribution is 2.16. The third-order valence-electron chi connectivity index (χ3n) is 2.53. The largest absolute Gasteiger partial charge is 0.464 e. The predicted molar refractivity (Wildman–Crippen MR) is 69.3 cm³/mol. The zero-order valence-electron chi connectivity index (χ0n) is 10.3. The first-order valence-corrected chi connectivity index (χ1v) is 5.78. The fraction of sp³-hybridized carbons (Fsp3) is 0.250. The van der Waals surface area contributed by atoms with Crippen LogP contribution in [0.4, 0.5) is 5.69 Å². The molecule has 2 aromatic rings. The maximum absolute atomic E-state index is 11.7. The molecule has 0 saturated heterocycles. The van der Waals surface area contributed by atoms with E-state index in [-0.39, 0.29) is 6.61 Å². The maximum atomic E-state index is 11.7. The lowest BCUT2D eigenvalue weighted by atomic mass is 10.2. The van der Waals surface area contributed by atoms with Crippen molar-refractivity contribution < 1.29 is 14.3 Å². The van der Waals surface area contributed by atoms with E-state index in [9.17, 15) is 9.59 Å². The van der Waals surface area contributed by atoms with Crippen molar-refractivity contribution in [1.82, 2.24) is 10.2 Å². The second-order valence-electron chi connectivity index (χ2n) is 3.89. The Hall–Kier alpha value is -2.41. The molecule has 0 bridgehead atoms. The summed E-state index contributed by atoms with van der Waals surface area (Å²) < 4.78 is 4.68. The van der Waals surface area contributed by atoms with Crippen LogP contribution in [0.3, 0.4) is 0 Å². The van der Waals surface area contributed by atoms with Crippen LogP contribution >= 0.6 is 0 Å². The van der Waals surface area contributed by atoms with Crippen LogP contribution in [0.2, 0.25) is 0 Å². The highest BCUT2D eigenvalue weighted by Gasteiger charge is 2.23. The van der Waals surface area contributed by atoms with Crippen LogP contribution < -0.4 is 11.1 Å². The number of aromatic amines is 1. The molecular weight excluding hydrogens is 248 g/mol. The Morgan fingerprint density at radius 2 is 2.32 bits per heavy atom. The fourth-order valence-corrected chi connectivity index (χ4v) is 1.57. The molecular formula is C12H14N4O3. The molecule has 1 aromatic carbocycles. The summed E-state index contributed by atoms with van der Waals surface area (Å²) in [4.78, 5) is 23.1. The SMILES string of the molecule is CCOC(=O)C(N)C(=O)Nc1ccc2cn[nH]c2c1. The Bertz CT molecular complexity index is 608. The average Bonchev–Trinajstić information content (AvgIpc) is 2.85. The molecule has 19 heavy (non-hydrogen) atoms. The van der Waals surface area contributed by atoms with Gasteiger partial charge in [0.2, 0.25) is 0 Å². The molecule has 2 rings (SSSR count).